The molecule has 0 N–H and O–H groups in total. The van der Waals surface area contributed by atoms with Crippen LogP contribution in [0, 0.1) is 13.8 Å². The third-order valence-electron chi connectivity index (χ3n) is 4.62. The maximum absolute atomic E-state index is 12.8. The van der Waals surface area contributed by atoms with Crippen molar-refractivity contribution in [1.29, 1.82) is 0 Å². The van der Waals surface area contributed by atoms with Gasteiger partial charge in [0.15, 0.2) is 16.4 Å². The summed E-state index contributed by atoms with van der Waals surface area (Å²) in [4.78, 5) is 14.4. The number of nitrogens with zero attached hydrogens (tertiary/aromatic N) is 1. The number of hydrogen-bond acceptors (Lipinski definition) is 5. The first-order valence-electron chi connectivity index (χ1n) is 8.57. The van der Waals surface area contributed by atoms with Gasteiger partial charge in [-0.15, -0.1) is 0 Å². The number of ether oxygens (including phenoxy) is 1. The second-order valence-corrected chi connectivity index (χ2v) is 8.90. The number of furan rings is 1. The highest BCUT2D eigenvalue weighted by Crippen LogP contribution is 2.24. The molecule has 2 heterocycles. The van der Waals surface area contributed by atoms with Gasteiger partial charge in [0.05, 0.1) is 24.3 Å². The molecule has 0 radical (unpaired) electrons. The molecule has 1 amide bonds. The Morgan fingerprint density at radius 3 is 2.54 bits per heavy atom. The van der Waals surface area contributed by atoms with Crippen LogP contribution in [0.1, 0.15) is 23.3 Å². The second-order valence-electron chi connectivity index (χ2n) is 6.67. The summed E-state index contributed by atoms with van der Waals surface area (Å²) in [6.45, 7) is 3.96. The molecule has 6 nitrogen and oxygen atoms in total. The minimum absolute atomic E-state index is 0.0111. The number of benzene rings is 1. The monoisotopic (exact) mass is 377 g/mol. The lowest BCUT2D eigenvalue weighted by Crippen LogP contribution is -2.43. The van der Waals surface area contributed by atoms with Crippen molar-refractivity contribution in [2.24, 2.45) is 0 Å². The second kappa shape index (κ2) is 7.53. The van der Waals surface area contributed by atoms with Crippen LogP contribution in [0.25, 0.3) is 0 Å². The highest BCUT2D eigenvalue weighted by atomic mass is 32.2. The molecule has 1 saturated heterocycles. The maximum atomic E-state index is 12.8. The van der Waals surface area contributed by atoms with Crippen LogP contribution in [0.15, 0.2) is 41.0 Å². The molecule has 140 valence electrons. The van der Waals surface area contributed by atoms with Crippen LogP contribution in [0.3, 0.4) is 0 Å². The predicted molar refractivity (Wildman–Crippen MR) is 97.7 cm³/mol. The third-order valence-corrected chi connectivity index (χ3v) is 6.37. The zero-order chi connectivity index (χ0) is 18.7. The zero-order valence-electron chi connectivity index (χ0n) is 15.0. The summed E-state index contributed by atoms with van der Waals surface area (Å²) in [5.41, 5.74) is 1.91. The lowest BCUT2D eigenvalue weighted by atomic mass is 10.1. The van der Waals surface area contributed by atoms with Gasteiger partial charge >= 0.3 is 0 Å². The molecule has 3 rings (SSSR count). The molecule has 1 atom stereocenters. The average Bonchev–Trinajstić information content (AvgIpc) is 3.21. The van der Waals surface area contributed by atoms with Gasteiger partial charge < -0.3 is 14.1 Å². The molecule has 1 aliphatic rings. The van der Waals surface area contributed by atoms with Crippen LogP contribution in [-0.4, -0.2) is 43.4 Å². The standard InChI is InChI=1S/C19H23NO5S/c1-14-5-3-6-15(2)19(14)25-12-18(21)20(11-17-7-4-9-24-17)16-8-10-26(22,23)13-16/h3-7,9,16H,8,10-13H2,1-2H3/t16-/m0/s1. The molecular formula is C19H23NO5S. The number of carbonyl (C=O) groups is 1. The largest absolute Gasteiger partial charge is 0.483 e. The quantitative estimate of drug-likeness (QED) is 0.773. The number of hydrogen-bond donors (Lipinski definition) is 0. The topological polar surface area (TPSA) is 76.8 Å². The Morgan fingerprint density at radius 2 is 1.96 bits per heavy atom. The van der Waals surface area contributed by atoms with E-state index in [0.717, 1.165) is 11.1 Å². The molecule has 7 heteroatoms. The number of aryl methyl sites for hydroxylation is 2. The van der Waals surface area contributed by atoms with Crippen LogP contribution in [-0.2, 0) is 21.2 Å². The van der Waals surface area contributed by atoms with E-state index in [1.54, 1.807) is 17.0 Å². The van der Waals surface area contributed by atoms with Crippen molar-refractivity contribution in [3.63, 3.8) is 0 Å². The minimum Gasteiger partial charge on any atom is -0.483 e. The lowest BCUT2D eigenvalue weighted by Gasteiger charge is -2.27. The van der Waals surface area contributed by atoms with E-state index >= 15 is 0 Å². The van der Waals surface area contributed by atoms with Gasteiger partial charge in [-0.1, -0.05) is 18.2 Å². The van der Waals surface area contributed by atoms with Gasteiger partial charge in [0.1, 0.15) is 11.5 Å². The fraction of sp³-hybridized carbons (Fsp3) is 0.421. The highest BCUT2D eigenvalue weighted by molar-refractivity contribution is 7.91. The minimum atomic E-state index is -3.10. The maximum Gasteiger partial charge on any atom is 0.261 e. The van der Waals surface area contributed by atoms with Gasteiger partial charge in [-0.05, 0) is 43.5 Å². The molecule has 0 bridgehead atoms. The first-order chi connectivity index (χ1) is 12.4. The molecular weight excluding hydrogens is 354 g/mol. The van der Waals surface area contributed by atoms with Gasteiger partial charge in [0.25, 0.3) is 5.91 Å². The Bertz CT molecular complexity index is 853. The molecule has 1 fully saturated rings. The normalized spacial score (nSPS) is 18.6. The molecule has 0 aliphatic carbocycles. The summed E-state index contributed by atoms with van der Waals surface area (Å²) < 4.78 is 34.8. The van der Waals surface area contributed by atoms with E-state index in [1.165, 1.54) is 6.26 Å². The van der Waals surface area contributed by atoms with Crippen LogP contribution in [0.4, 0.5) is 0 Å². The van der Waals surface area contributed by atoms with Crippen molar-refractivity contribution in [1.82, 2.24) is 4.90 Å². The summed E-state index contributed by atoms with van der Waals surface area (Å²) in [5, 5.41) is 0. The molecule has 1 aliphatic heterocycles. The van der Waals surface area contributed by atoms with Crippen LogP contribution >= 0.6 is 0 Å². The Balaban J connectivity index is 1.74. The molecule has 26 heavy (non-hydrogen) atoms. The lowest BCUT2D eigenvalue weighted by molar-refractivity contribution is -0.136. The van der Waals surface area contributed by atoms with Crippen LogP contribution in [0.2, 0.25) is 0 Å². The van der Waals surface area contributed by atoms with Crippen molar-refractivity contribution in [3.8, 4) is 5.75 Å². The van der Waals surface area contributed by atoms with E-state index in [1.807, 2.05) is 32.0 Å². The summed E-state index contributed by atoms with van der Waals surface area (Å²) >= 11 is 0. The number of amides is 1. The summed E-state index contributed by atoms with van der Waals surface area (Å²) in [7, 11) is -3.10. The number of sulfone groups is 1. The average molecular weight is 377 g/mol. The van der Waals surface area contributed by atoms with E-state index < -0.39 is 9.84 Å². The smallest absolute Gasteiger partial charge is 0.261 e. The molecule has 2 aromatic rings. The van der Waals surface area contributed by atoms with Gasteiger partial charge in [-0.2, -0.15) is 0 Å². The number of rotatable bonds is 6. The molecule has 1 aromatic carbocycles. The SMILES string of the molecule is Cc1cccc(C)c1OCC(=O)N(Cc1ccco1)[C@H]1CCS(=O)(=O)C1. The van der Waals surface area contributed by atoms with Crippen molar-refractivity contribution >= 4 is 15.7 Å². The molecule has 0 unspecified atom stereocenters. The first-order valence-corrected chi connectivity index (χ1v) is 10.4. The van der Waals surface area contributed by atoms with Gasteiger partial charge in [-0.25, -0.2) is 8.42 Å². The predicted octanol–water partition coefficient (Wildman–Crippen LogP) is 2.49. The van der Waals surface area contributed by atoms with Crippen molar-refractivity contribution in [3.05, 3.63) is 53.5 Å². The Hall–Kier alpha value is -2.28. The van der Waals surface area contributed by atoms with Crippen LogP contribution in [0.5, 0.6) is 5.75 Å². The van der Waals surface area contributed by atoms with Crippen molar-refractivity contribution < 1.29 is 22.4 Å². The zero-order valence-corrected chi connectivity index (χ0v) is 15.8. The van der Waals surface area contributed by atoms with Crippen LogP contribution < -0.4 is 4.74 Å². The van der Waals surface area contributed by atoms with Gasteiger partial charge in [-0.3, -0.25) is 4.79 Å². The van der Waals surface area contributed by atoms with Crippen molar-refractivity contribution in [2.75, 3.05) is 18.1 Å². The van der Waals surface area contributed by atoms with E-state index in [-0.39, 0.29) is 36.6 Å². The summed E-state index contributed by atoms with van der Waals surface area (Å²) in [6, 6.07) is 8.96. The fourth-order valence-electron chi connectivity index (χ4n) is 3.26. The first kappa shape index (κ1) is 18.5. The molecule has 1 aromatic heterocycles. The summed E-state index contributed by atoms with van der Waals surface area (Å²) in [6.07, 6.45) is 1.98. The van der Waals surface area contributed by atoms with Crippen molar-refractivity contribution in [2.45, 2.75) is 32.9 Å². The highest BCUT2D eigenvalue weighted by Gasteiger charge is 2.35. The Kier molecular flexibility index (Phi) is 5.36. The van der Waals surface area contributed by atoms with Gasteiger partial charge in [0.2, 0.25) is 0 Å². The van der Waals surface area contributed by atoms with E-state index in [4.69, 9.17) is 9.15 Å². The van der Waals surface area contributed by atoms with E-state index in [9.17, 15) is 13.2 Å². The van der Waals surface area contributed by atoms with E-state index in [2.05, 4.69) is 0 Å². The fourth-order valence-corrected chi connectivity index (χ4v) is 4.99. The molecule has 0 spiro atoms. The molecule has 0 saturated carbocycles. The van der Waals surface area contributed by atoms with Gasteiger partial charge in [0, 0.05) is 6.04 Å². The number of para-hydroxylation sites is 1. The number of carbonyl (C=O) groups excluding carboxylic acids is 1. The summed E-state index contributed by atoms with van der Waals surface area (Å²) in [5.74, 6) is 1.17. The van der Waals surface area contributed by atoms with E-state index in [0.29, 0.717) is 17.9 Å². The third kappa shape index (κ3) is 4.27. The Morgan fingerprint density at radius 1 is 1.23 bits per heavy atom. The Labute approximate surface area is 153 Å².